The highest BCUT2D eigenvalue weighted by molar-refractivity contribution is 7.89. The first-order chi connectivity index (χ1) is 14.8. The number of halogens is 1. The molecule has 0 radical (unpaired) electrons. The van der Waals surface area contributed by atoms with Crippen LogP contribution in [0.1, 0.15) is 26.5 Å². The van der Waals surface area contributed by atoms with Gasteiger partial charge in [-0.3, -0.25) is 20.4 Å². The second kappa shape index (κ2) is 9.65. The molecule has 3 aromatic rings. The molecule has 0 saturated heterocycles. The van der Waals surface area contributed by atoms with Crippen LogP contribution in [0.5, 0.6) is 5.75 Å². The third kappa shape index (κ3) is 5.63. The molecule has 2 amide bonds. The monoisotopic (exact) mass is 463 g/mol. The van der Waals surface area contributed by atoms with Crippen LogP contribution in [0, 0.1) is 0 Å². The van der Waals surface area contributed by atoms with Gasteiger partial charge in [0, 0.05) is 17.1 Å². The van der Waals surface area contributed by atoms with Crippen molar-refractivity contribution in [1.82, 2.24) is 15.6 Å². The van der Waals surface area contributed by atoms with E-state index in [0.29, 0.717) is 10.6 Å². The SMILES string of the molecule is COc1ccc(C(=O)NNC(=O)c2ccco2)cc1S(=O)(=O)NCc1ccc(Cl)cc1. The number of hydrogen-bond donors (Lipinski definition) is 3. The molecule has 0 bridgehead atoms. The molecule has 0 spiro atoms. The second-order valence-corrected chi connectivity index (χ2v) is 8.37. The first kappa shape index (κ1) is 22.3. The molecule has 11 heteroatoms. The molecule has 0 unspecified atom stereocenters. The van der Waals surface area contributed by atoms with Crippen LogP contribution in [0.4, 0.5) is 0 Å². The van der Waals surface area contributed by atoms with Gasteiger partial charge in [-0.25, -0.2) is 13.1 Å². The summed E-state index contributed by atoms with van der Waals surface area (Å²) in [5.74, 6) is -1.33. The van der Waals surface area contributed by atoms with E-state index in [1.54, 1.807) is 24.3 Å². The van der Waals surface area contributed by atoms with Gasteiger partial charge in [0.2, 0.25) is 10.0 Å². The van der Waals surface area contributed by atoms with Gasteiger partial charge in [0.25, 0.3) is 5.91 Å². The quantitative estimate of drug-likeness (QED) is 0.462. The lowest BCUT2D eigenvalue weighted by atomic mass is 10.2. The van der Waals surface area contributed by atoms with Crippen LogP contribution in [-0.2, 0) is 16.6 Å². The summed E-state index contributed by atoms with van der Waals surface area (Å²) in [5, 5.41) is 0.533. The minimum atomic E-state index is -4.02. The molecular weight excluding hydrogens is 446 g/mol. The van der Waals surface area contributed by atoms with Crippen LogP contribution >= 0.6 is 11.6 Å². The van der Waals surface area contributed by atoms with E-state index >= 15 is 0 Å². The van der Waals surface area contributed by atoms with E-state index in [9.17, 15) is 18.0 Å². The number of ether oxygens (including phenoxy) is 1. The summed E-state index contributed by atoms with van der Waals surface area (Å²) in [6.45, 7) is 0.0122. The third-order valence-electron chi connectivity index (χ3n) is 4.13. The Labute approximate surface area is 183 Å². The van der Waals surface area contributed by atoms with Gasteiger partial charge < -0.3 is 9.15 Å². The summed E-state index contributed by atoms with van der Waals surface area (Å²) < 4.78 is 38.1. The highest BCUT2D eigenvalue weighted by atomic mass is 35.5. The van der Waals surface area contributed by atoms with Crippen molar-refractivity contribution in [2.45, 2.75) is 11.4 Å². The summed E-state index contributed by atoms with van der Waals surface area (Å²) in [6.07, 6.45) is 1.31. The third-order valence-corrected chi connectivity index (χ3v) is 5.80. The Balaban J connectivity index is 1.74. The number of sulfonamides is 1. The zero-order chi connectivity index (χ0) is 22.4. The molecule has 3 rings (SSSR count). The predicted octanol–water partition coefficient (Wildman–Crippen LogP) is 2.49. The fourth-order valence-electron chi connectivity index (χ4n) is 2.54. The number of furan rings is 1. The Morgan fingerprint density at radius 2 is 1.74 bits per heavy atom. The van der Waals surface area contributed by atoms with Crippen molar-refractivity contribution in [2.24, 2.45) is 0 Å². The Kier molecular flexibility index (Phi) is 6.95. The average molecular weight is 464 g/mol. The van der Waals surface area contributed by atoms with Crippen molar-refractivity contribution in [3.05, 3.63) is 82.8 Å². The highest BCUT2D eigenvalue weighted by Crippen LogP contribution is 2.25. The number of carbonyl (C=O) groups excluding carboxylic acids is 2. The average Bonchev–Trinajstić information content (AvgIpc) is 3.31. The van der Waals surface area contributed by atoms with Crippen molar-refractivity contribution in [3.8, 4) is 5.75 Å². The number of carbonyl (C=O) groups is 2. The lowest BCUT2D eigenvalue weighted by Crippen LogP contribution is -2.41. The number of methoxy groups -OCH3 is 1. The van der Waals surface area contributed by atoms with Gasteiger partial charge in [0.15, 0.2) is 5.76 Å². The predicted molar refractivity (Wildman–Crippen MR) is 112 cm³/mol. The van der Waals surface area contributed by atoms with Crippen molar-refractivity contribution < 1.29 is 27.2 Å². The van der Waals surface area contributed by atoms with Gasteiger partial charge in [0.1, 0.15) is 10.6 Å². The van der Waals surface area contributed by atoms with E-state index in [1.807, 2.05) is 0 Å². The highest BCUT2D eigenvalue weighted by Gasteiger charge is 2.22. The molecule has 0 fully saturated rings. The van der Waals surface area contributed by atoms with Gasteiger partial charge in [-0.05, 0) is 48.0 Å². The molecule has 0 aliphatic rings. The minimum absolute atomic E-state index is 0.00435. The normalized spacial score (nSPS) is 11.0. The maximum absolute atomic E-state index is 12.8. The van der Waals surface area contributed by atoms with E-state index in [-0.39, 0.29) is 28.5 Å². The second-order valence-electron chi connectivity index (χ2n) is 6.20. The number of amides is 2. The Hall–Kier alpha value is -3.34. The zero-order valence-corrected chi connectivity index (χ0v) is 17.8. The van der Waals surface area contributed by atoms with Crippen LogP contribution in [0.3, 0.4) is 0 Å². The first-order valence-electron chi connectivity index (χ1n) is 8.86. The smallest absolute Gasteiger partial charge is 0.305 e. The number of hydrazine groups is 1. The zero-order valence-electron chi connectivity index (χ0n) is 16.2. The van der Waals surface area contributed by atoms with Crippen LogP contribution < -0.4 is 20.3 Å². The molecule has 0 aliphatic carbocycles. The Bertz CT molecular complexity index is 1180. The van der Waals surface area contributed by atoms with E-state index < -0.39 is 21.8 Å². The largest absolute Gasteiger partial charge is 0.495 e. The molecule has 1 aromatic heterocycles. The standard InChI is InChI=1S/C20H18ClN3O6S/c1-29-16-9-6-14(19(25)23-24-20(26)17-3-2-10-30-17)11-18(16)31(27,28)22-12-13-4-7-15(21)8-5-13/h2-11,22H,12H2,1H3,(H,23,25)(H,24,26). The van der Waals surface area contributed by atoms with Gasteiger partial charge in [0.05, 0.1) is 13.4 Å². The van der Waals surface area contributed by atoms with Crippen molar-refractivity contribution in [2.75, 3.05) is 7.11 Å². The first-order valence-corrected chi connectivity index (χ1v) is 10.7. The summed E-state index contributed by atoms with van der Waals surface area (Å²) >= 11 is 5.83. The summed E-state index contributed by atoms with van der Waals surface area (Å²) in [4.78, 5) is 24.0. The van der Waals surface area contributed by atoms with E-state index in [4.69, 9.17) is 20.8 Å². The fourth-order valence-corrected chi connectivity index (χ4v) is 3.88. The number of hydrogen-bond acceptors (Lipinski definition) is 6. The maximum Gasteiger partial charge on any atom is 0.305 e. The maximum atomic E-state index is 12.8. The van der Waals surface area contributed by atoms with E-state index in [1.165, 1.54) is 37.6 Å². The molecular formula is C20H18ClN3O6S. The van der Waals surface area contributed by atoms with Crippen molar-refractivity contribution in [1.29, 1.82) is 0 Å². The Morgan fingerprint density at radius 1 is 1.03 bits per heavy atom. The van der Waals surface area contributed by atoms with Crippen molar-refractivity contribution >= 4 is 33.4 Å². The minimum Gasteiger partial charge on any atom is -0.495 e. The molecule has 31 heavy (non-hydrogen) atoms. The summed E-state index contributed by atoms with van der Waals surface area (Å²) in [7, 11) is -2.71. The number of benzene rings is 2. The molecule has 9 nitrogen and oxygen atoms in total. The lowest BCUT2D eigenvalue weighted by molar-refractivity contribution is 0.0830. The van der Waals surface area contributed by atoms with E-state index in [0.717, 1.165) is 6.07 Å². The van der Waals surface area contributed by atoms with E-state index in [2.05, 4.69) is 15.6 Å². The molecule has 1 heterocycles. The van der Waals surface area contributed by atoms with Crippen LogP contribution in [0.2, 0.25) is 5.02 Å². The topological polar surface area (TPSA) is 127 Å². The van der Waals surface area contributed by atoms with Gasteiger partial charge in [-0.1, -0.05) is 23.7 Å². The van der Waals surface area contributed by atoms with Gasteiger partial charge in [-0.2, -0.15) is 0 Å². The van der Waals surface area contributed by atoms with Crippen LogP contribution in [0.25, 0.3) is 0 Å². The fraction of sp³-hybridized carbons (Fsp3) is 0.100. The molecule has 0 atom stereocenters. The summed E-state index contributed by atoms with van der Waals surface area (Å²) in [5.41, 5.74) is 5.07. The van der Waals surface area contributed by atoms with Crippen molar-refractivity contribution in [3.63, 3.8) is 0 Å². The van der Waals surface area contributed by atoms with Crippen LogP contribution in [-0.4, -0.2) is 27.3 Å². The molecule has 0 saturated carbocycles. The number of nitrogens with one attached hydrogen (secondary N) is 3. The lowest BCUT2D eigenvalue weighted by Gasteiger charge is -2.13. The van der Waals surface area contributed by atoms with Gasteiger partial charge >= 0.3 is 5.91 Å². The van der Waals surface area contributed by atoms with Crippen LogP contribution in [0.15, 0.2) is 70.2 Å². The molecule has 3 N–H and O–H groups in total. The van der Waals surface area contributed by atoms with Gasteiger partial charge in [-0.15, -0.1) is 0 Å². The molecule has 162 valence electrons. The Morgan fingerprint density at radius 3 is 2.39 bits per heavy atom. The number of rotatable bonds is 7. The molecule has 2 aromatic carbocycles. The molecule has 0 aliphatic heterocycles. The summed E-state index contributed by atoms with van der Waals surface area (Å²) in [6, 6.07) is 13.5.